The summed E-state index contributed by atoms with van der Waals surface area (Å²) in [6.45, 7) is 14.1. The predicted molar refractivity (Wildman–Crippen MR) is 88.7 cm³/mol. The monoisotopic (exact) mass is 291 g/mol. The lowest BCUT2D eigenvalue weighted by atomic mass is 10.1. The second-order valence-corrected chi connectivity index (χ2v) is 7.53. The van der Waals surface area contributed by atoms with Gasteiger partial charge in [0.15, 0.2) is 8.80 Å². The minimum absolute atomic E-state index is 0.0692. The van der Waals surface area contributed by atoms with E-state index in [1.165, 1.54) is 10.8 Å². The van der Waals surface area contributed by atoms with Gasteiger partial charge >= 0.3 is 0 Å². The summed E-state index contributed by atoms with van der Waals surface area (Å²) < 4.78 is 11.8. The molecule has 1 rings (SSSR count). The van der Waals surface area contributed by atoms with E-state index in [1.807, 2.05) is 6.92 Å². The maximum absolute atomic E-state index is 5.91. The maximum atomic E-state index is 5.91. The van der Waals surface area contributed by atoms with Crippen LogP contribution < -0.4 is 5.19 Å². The summed E-state index contributed by atoms with van der Waals surface area (Å²) >= 11 is 0. The highest BCUT2D eigenvalue weighted by Crippen LogP contribution is 2.11. The van der Waals surface area contributed by atoms with E-state index in [4.69, 9.17) is 9.47 Å². The van der Waals surface area contributed by atoms with Gasteiger partial charge in [-0.3, -0.25) is 0 Å². The van der Waals surface area contributed by atoms with Crippen molar-refractivity contribution in [1.29, 1.82) is 0 Å². The molecule has 0 aliphatic rings. The molecule has 0 heterocycles. The molecule has 0 saturated carbocycles. The molecular formula is C17H27O2Si. The first-order valence-corrected chi connectivity index (χ1v) is 9.50. The van der Waals surface area contributed by atoms with Gasteiger partial charge in [-0.1, -0.05) is 62.0 Å². The molecule has 0 aliphatic heterocycles. The van der Waals surface area contributed by atoms with E-state index in [0.717, 1.165) is 31.6 Å². The van der Waals surface area contributed by atoms with Crippen LogP contribution in [0.5, 0.6) is 0 Å². The van der Waals surface area contributed by atoms with Crippen LogP contribution in [0.4, 0.5) is 0 Å². The Labute approximate surface area is 125 Å². The van der Waals surface area contributed by atoms with Crippen LogP contribution in [0.25, 0.3) is 5.57 Å². The van der Waals surface area contributed by atoms with E-state index < -0.39 is 8.80 Å². The molecular weight excluding hydrogens is 264 g/mol. The van der Waals surface area contributed by atoms with E-state index in [2.05, 4.69) is 51.2 Å². The molecule has 1 aromatic carbocycles. The predicted octanol–water partition coefficient (Wildman–Crippen LogP) is 3.77. The fourth-order valence-corrected chi connectivity index (χ4v) is 3.66. The van der Waals surface area contributed by atoms with Crippen LogP contribution >= 0.6 is 0 Å². The number of hydrogen-bond donors (Lipinski definition) is 0. The topological polar surface area (TPSA) is 18.5 Å². The molecule has 2 nitrogen and oxygen atoms in total. The van der Waals surface area contributed by atoms with Gasteiger partial charge in [0.2, 0.25) is 0 Å². The van der Waals surface area contributed by atoms with Gasteiger partial charge in [-0.15, -0.1) is 0 Å². The summed E-state index contributed by atoms with van der Waals surface area (Å²) in [7, 11) is -0.891. The SMILES string of the molecule is C=C(C)c1cccc([Si](C)C(OCCC)OCCC)c1. The molecule has 0 amide bonds. The van der Waals surface area contributed by atoms with Crippen LogP contribution in [0, 0.1) is 0 Å². The zero-order valence-electron chi connectivity index (χ0n) is 13.2. The molecule has 0 spiro atoms. The van der Waals surface area contributed by atoms with Crippen molar-refractivity contribution in [3.8, 4) is 0 Å². The third-order valence-electron chi connectivity index (χ3n) is 3.11. The first kappa shape index (κ1) is 17.1. The first-order valence-electron chi connectivity index (χ1n) is 7.43. The number of ether oxygens (including phenoxy) is 2. The average molecular weight is 291 g/mol. The lowest BCUT2D eigenvalue weighted by Gasteiger charge is -2.24. The number of benzene rings is 1. The molecule has 0 bridgehead atoms. The zero-order valence-corrected chi connectivity index (χ0v) is 14.2. The number of rotatable bonds is 9. The minimum atomic E-state index is -0.891. The Morgan fingerprint density at radius 3 is 2.30 bits per heavy atom. The van der Waals surface area contributed by atoms with Gasteiger partial charge in [-0.25, -0.2) is 0 Å². The Morgan fingerprint density at radius 2 is 1.80 bits per heavy atom. The smallest absolute Gasteiger partial charge is 0.153 e. The average Bonchev–Trinajstić information content (AvgIpc) is 2.47. The highest BCUT2D eigenvalue weighted by molar-refractivity contribution is 6.72. The summed E-state index contributed by atoms with van der Waals surface area (Å²) in [5, 5.41) is 1.34. The fraction of sp³-hybridized carbons (Fsp3) is 0.529. The van der Waals surface area contributed by atoms with E-state index in [0.29, 0.717) is 0 Å². The summed E-state index contributed by atoms with van der Waals surface area (Å²) in [6.07, 6.45) is 2.04. The fourth-order valence-electron chi connectivity index (χ4n) is 1.91. The summed E-state index contributed by atoms with van der Waals surface area (Å²) in [5.74, 6) is -0.0692. The van der Waals surface area contributed by atoms with Crippen molar-refractivity contribution in [2.24, 2.45) is 0 Å². The molecule has 1 radical (unpaired) electrons. The van der Waals surface area contributed by atoms with E-state index in [-0.39, 0.29) is 5.91 Å². The summed E-state index contributed by atoms with van der Waals surface area (Å²) in [6, 6.07) is 8.62. The van der Waals surface area contributed by atoms with Crippen LogP contribution in [-0.4, -0.2) is 27.9 Å². The summed E-state index contributed by atoms with van der Waals surface area (Å²) in [4.78, 5) is 0. The van der Waals surface area contributed by atoms with Crippen LogP contribution in [-0.2, 0) is 9.47 Å². The molecule has 111 valence electrons. The van der Waals surface area contributed by atoms with Crippen molar-refractivity contribution >= 4 is 19.6 Å². The normalized spacial score (nSPS) is 11.3. The van der Waals surface area contributed by atoms with Gasteiger partial charge in [-0.2, -0.15) is 0 Å². The van der Waals surface area contributed by atoms with Crippen molar-refractivity contribution in [3.63, 3.8) is 0 Å². The number of allylic oxidation sites excluding steroid dienone is 1. The Kier molecular flexibility index (Phi) is 7.81. The van der Waals surface area contributed by atoms with Gasteiger partial charge in [0, 0.05) is 13.2 Å². The van der Waals surface area contributed by atoms with Crippen LogP contribution in [0.1, 0.15) is 39.2 Å². The first-order chi connectivity index (χ1) is 9.60. The Bertz CT molecular complexity index is 409. The molecule has 0 saturated heterocycles. The quantitative estimate of drug-likeness (QED) is 0.509. The molecule has 0 aliphatic carbocycles. The van der Waals surface area contributed by atoms with E-state index >= 15 is 0 Å². The highest BCUT2D eigenvalue weighted by atomic mass is 28.3. The second kappa shape index (κ2) is 9.11. The van der Waals surface area contributed by atoms with Gasteiger partial charge in [-0.05, 0) is 25.3 Å². The van der Waals surface area contributed by atoms with Gasteiger partial charge in [0.05, 0.1) is 0 Å². The Hall–Kier alpha value is -0.903. The van der Waals surface area contributed by atoms with Crippen molar-refractivity contribution < 1.29 is 9.47 Å². The van der Waals surface area contributed by atoms with Crippen molar-refractivity contribution in [2.45, 2.75) is 46.1 Å². The molecule has 0 unspecified atom stereocenters. The molecule has 3 heteroatoms. The molecule has 0 atom stereocenters. The van der Waals surface area contributed by atoms with Crippen LogP contribution in [0.2, 0.25) is 6.55 Å². The van der Waals surface area contributed by atoms with Crippen LogP contribution in [0.3, 0.4) is 0 Å². The summed E-state index contributed by atoms with van der Waals surface area (Å²) in [5.41, 5.74) is 2.30. The van der Waals surface area contributed by atoms with E-state index in [1.54, 1.807) is 0 Å². The lowest BCUT2D eigenvalue weighted by molar-refractivity contribution is -0.0918. The van der Waals surface area contributed by atoms with Crippen molar-refractivity contribution in [1.82, 2.24) is 0 Å². The Balaban J connectivity index is 2.83. The van der Waals surface area contributed by atoms with Gasteiger partial charge in [0.1, 0.15) is 5.91 Å². The van der Waals surface area contributed by atoms with Crippen molar-refractivity contribution in [3.05, 3.63) is 36.4 Å². The molecule has 20 heavy (non-hydrogen) atoms. The largest absolute Gasteiger partial charge is 0.356 e. The number of hydrogen-bond acceptors (Lipinski definition) is 2. The van der Waals surface area contributed by atoms with Gasteiger partial charge < -0.3 is 9.47 Å². The lowest BCUT2D eigenvalue weighted by Crippen LogP contribution is -2.43. The molecule has 0 aromatic heterocycles. The van der Waals surface area contributed by atoms with Crippen LogP contribution in [0.15, 0.2) is 30.8 Å². The third kappa shape index (κ3) is 5.23. The van der Waals surface area contributed by atoms with Gasteiger partial charge in [0.25, 0.3) is 0 Å². The van der Waals surface area contributed by atoms with Crippen molar-refractivity contribution in [2.75, 3.05) is 13.2 Å². The highest BCUT2D eigenvalue weighted by Gasteiger charge is 2.22. The standard InChI is InChI=1S/C17H27O2Si/c1-6-11-18-17(19-12-7-2)20(5)16-10-8-9-15(13-16)14(3)4/h8-10,13,17H,3,6-7,11-12H2,1-2,4-5H3. The second-order valence-electron chi connectivity index (χ2n) is 5.12. The molecule has 0 fully saturated rings. The zero-order chi connectivity index (χ0) is 15.0. The third-order valence-corrected chi connectivity index (χ3v) is 5.37. The maximum Gasteiger partial charge on any atom is 0.153 e. The minimum Gasteiger partial charge on any atom is -0.356 e. The molecule has 1 aromatic rings. The Morgan fingerprint density at radius 1 is 1.20 bits per heavy atom. The molecule has 0 N–H and O–H groups in total. The van der Waals surface area contributed by atoms with E-state index in [9.17, 15) is 0 Å².